The topological polar surface area (TPSA) is 56.7 Å². The maximum absolute atomic E-state index is 6.57. The molecule has 2 atom stereocenters. The average molecular weight is 236 g/mol. The maximum atomic E-state index is 6.57. The molecule has 0 bridgehead atoms. The van der Waals surface area contributed by atoms with Gasteiger partial charge in [-0.3, -0.25) is 0 Å². The summed E-state index contributed by atoms with van der Waals surface area (Å²) in [5.74, 6) is 2.27. The normalized spacial score (nSPS) is 29.8. The highest BCUT2D eigenvalue weighted by molar-refractivity contribution is 5.07. The van der Waals surface area contributed by atoms with E-state index < -0.39 is 0 Å². The van der Waals surface area contributed by atoms with Gasteiger partial charge in [-0.15, -0.1) is 10.2 Å². The molecule has 4 nitrogen and oxygen atoms in total. The van der Waals surface area contributed by atoms with Gasteiger partial charge in [-0.05, 0) is 24.7 Å². The van der Waals surface area contributed by atoms with Crippen molar-refractivity contribution in [2.24, 2.45) is 17.6 Å². The molecule has 17 heavy (non-hydrogen) atoms. The van der Waals surface area contributed by atoms with Gasteiger partial charge in [-0.2, -0.15) is 0 Å². The summed E-state index contributed by atoms with van der Waals surface area (Å²) < 4.78 is 2.14. The van der Waals surface area contributed by atoms with Gasteiger partial charge in [0.05, 0.1) is 5.54 Å². The Labute approximate surface area is 104 Å². The van der Waals surface area contributed by atoms with Crippen LogP contribution in [-0.2, 0) is 12.1 Å². The molecule has 1 aromatic heterocycles. The van der Waals surface area contributed by atoms with Crippen molar-refractivity contribution in [2.45, 2.75) is 58.5 Å². The van der Waals surface area contributed by atoms with E-state index in [1.54, 1.807) is 0 Å². The molecule has 0 spiro atoms. The summed E-state index contributed by atoms with van der Waals surface area (Å²) in [6.07, 6.45) is 6.38. The van der Waals surface area contributed by atoms with Crippen LogP contribution in [0.15, 0.2) is 6.33 Å². The third-order valence-corrected chi connectivity index (χ3v) is 3.66. The molecule has 0 amide bonds. The molecular weight excluding hydrogens is 212 g/mol. The lowest BCUT2D eigenvalue weighted by Crippen LogP contribution is -2.43. The molecule has 2 rings (SSSR count). The molecule has 1 aromatic rings. The van der Waals surface area contributed by atoms with Crippen molar-refractivity contribution in [3.8, 4) is 0 Å². The Balaban J connectivity index is 2.23. The van der Waals surface area contributed by atoms with Gasteiger partial charge in [0.2, 0.25) is 0 Å². The Hall–Kier alpha value is -0.900. The van der Waals surface area contributed by atoms with E-state index in [0.717, 1.165) is 25.2 Å². The molecule has 1 heterocycles. The minimum atomic E-state index is -0.261. The molecule has 1 fully saturated rings. The predicted molar refractivity (Wildman–Crippen MR) is 68.4 cm³/mol. The Morgan fingerprint density at radius 3 is 3.00 bits per heavy atom. The van der Waals surface area contributed by atoms with Crippen LogP contribution < -0.4 is 5.73 Å². The first-order chi connectivity index (χ1) is 8.01. The van der Waals surface area contributed by atoms with Crippen LogP contribution in [0.25, 0.3) is 0 Å². The van der Waals surface area contributed by atoms with Gasteiger partial charge < -0.3 is 10.3 Å². The highest BCUT2D eigenvalue weighted by Gasteiger charge is 2.36. The van der Waals surface area contributed by atoms with E-state index in [9.17, 15) is 0 Å². The van der Waals surface area contributed by atoms with Gasteiger partial charge in [0.15, 0.2) is 5.82 Å². The summed E-state index contributed by atoms with van der Waals surface area (Å²) >= 11 is 0. The fraction of sp³-hybridized carbons (Fsp3) is 0.846. The summed E-state index contributed by atoms with van der Waals surface area (Å²) in [5.41, 5.74) is 6.31. The van der Waals surface area contributed by atoms with Crippen molar-refractivity contribution in [3.05, 3.63) is 12.2 Å². The molecule has 0 aliphatic heterocycles. The standard InChI is InChI=1S/C13H24N4/c1-10(2)8-17-9-15-16-12(17)13(14)6-4-5-11(3)7-13/h9-11H,4-8,14H2,1-3H3. The van der Waals surface area contributed by atoms with Crippen LogP contribution in [0, 0.1) is 11.8 Å². The number of hydrogen-bond acceptors (Lipinski definition) is 3. The predicted octanol–water partition coefficient (Wildman–Crippen LogP) is 2.30. The van der Waals surface area contributed by atoms with Crippen LogP contribution >= 0.6 is 0 Å². The number of hydrogen-bond donors (Lipinski definition) is 1. The SMILES string of the molecule is CC(C)Cn1cnnc1C1(N)CCCC(C)C1. The second kappa shape index (κ2) is 4.77. The second-order valence-electron chi connectivity index (χ2n) is 6.06. The van der Waals surface area contributed by atoms with Gasteiger partial charge in [0.1, 0.15) is 6.33 Å². The first kappa shape index (κ1) is 12.6. The van der Waals surface area contributed by atoms with Crippen LogP contribution in [0.5, 0.6) is 0 Å². The summed E-state index contributed by atoms with van der Waals surface area (Å²) in [7, 11) is 0. The maximum Gasteiger partial charge on any atom is 0.152 e. The van der Waals surface area contributed by atoms with E-state index >= 15 is 0 Å². The quantitative estimate of drug-likeness (QED) is 0.876. The molecule has 0 aromatic carbocycles. The molecule has 2 unspecified atom stereocenters. The van der Waals surface area contributed by atoms with Crippen LogP contribution in [0.4, 0.5) is 0 Å². The number of rotatable bonds is 3. The van der Waals surface area contributed by atoms with Gasteiger partial charge in [-0.1, -0.05) is 33.6 Å². The third kappa shape index (κ3) is 2.68. The lowest BCUT2D eigenvalue weighted by molar-refractivity contribution is 0.219. The Bertz CT molecular complexity index is 371. The van der Waals surface area contributed by atoms with Crippen molar-refractivity contribution in [1.82, 2.24) is 14.8 Å². The van der Waals surface area contributed by atoms with Gasteiger partial charge in [-0.25, -0.2) is 0 Å². The largest absolute Gasteiger partial charge is 0.319 e. The van der Waals surface area contributed by atoms with Gasteiger partial charge >= 0.3 is 0 Å². The van der Waals surface area contributed by atoms with Crippen molar-refractivity contribution < 1.29 is 0 Å². The van der Waals surface area contributed by atoms with Gasteiger partial charge in [0, 0.05) is 6.54 Å². The van der Waals surface area contributed by atoms with Crippen LogP contribution in [0.1, 0.15) is 52.3 Å². The Morgan fingerprint density at radius 2 is 2.35 bits per heavy atom. The molecule has 1 aliphatic carbocycles. The summed E-state index contributed by atoms with van der Waals surface area (Å²) in [6, 6.07) is 0. The van der Waals surface area contributed by atoms with E-state index in [4.69, 9.17) is 5.73 Å². The summed E-state index contributed by atoms with van der Waals surface area (Å²) in [6.45, 7) is 7.65. The zero-order valence-corrected chi connectivity index (χ0v) is 11.2. The molecule has 1 saturated carbocycles. The van der Waals surface area contributed by atoms with E-state index in [1.807, 2.05) is 6.33 Å². The minimum absolute atomic E-state index is 0.261. The van der Waals surface area contributed by atoms with Crippen LogP contribution in [0.3, 0.4) is 0 Å². The van der Waals surface area contributed by atoms with E-state index in [2.05, 4.69) is 35.5 Å². The van der Waals surface area contributed by atoms with Gasteiger partial charge in [0.25, 0.3) is 0 Å². The number of nitrogens with two attached hydrogens (primary N) is 1. The first-order valence-electron chi connectivity index (χ1n) is 6.68. The monoisotopic (exact) mass is 236 g/mol. The summed E-state index contributed by atoms with van der Waals surface area (Å²) in [5, 5.41) is 8.34. The minimum Gasteiger partial charge on any atom is -0.319 e. The summed E-state index contributed by atoms with van der Waals surface area (Å²) in [4.78, 5) is 0. The van der Waals surface area contributed by atoms with Crippen LogP contribution in [-0.4, -0.2) is 14.8 Å². The third-order valence-electron chi connectivity index (χ3n) is 3.66. The molecule has 2 N–H and O–H groups in total. The highest BCUT2D eigenvalue weighted by Crippen LogP contribution is 2.36. The smallest absolute Gasteiger partial charge is 0.152 e. The van der Waals surface area contributed by atoms with Crippen LogP contribution in [0.2, 0.25) is 0 Å². The zero-order chi connectivity index (χ0) is 12.5. The Kier molecular flexibility index (Phi) is 3.52. The second-order valence-corrected chi connectivity index (χ2v) is 6.06. The first-order valence-corrected chi connectivity index (χ1v) is 6.68. The van der Waals surface area contributed by atoms with Crippen molar-refractivity contribution in [2.75, 3.05) is 0 Å². The zero-order valence-electron chi connectivity index (χ0n) is 11.2. The molecule has 96 valence electrons. The lowest BCUT2D eigenvalue weighted by atomic mass is 9.76. The lowest BCUT2D eigenvalue weighted by Gasteiger charge is -2.36. The molecule has 0 radical (unpaired) electrons. The fourth-order valence-corrected chi connectivity index (χ4v) is 2.96. The van der Waals surface area contributed by atoms with Crippen molar-refractivity contribution in [1.29, 1.82) is 0 Å². The molecule has 0 saturated heterocycles. The van der Waals surface area contributed by atoms with E-state index in [0.29, 0.717) is 11.8 Å². The number of aromatic nitrogens is 3. The van der Waals surface area contributed by atoms with Crippen molar-refractivity contribution in [3.63, 3.8) is 0 Å². The average Bonchev–Trinajstić information content (AvgIpc) is 2.65. The highest BCUT2D eigenvalue weighted by atomic mass is 15.3. The Morgan fingerprint density at radius 1 is 1.59 bits per heavy atom. The van der Waals surface area contributed by atoms with E-state index in [-0.39, 0.29) is 5.54 Å². The fourth-order valence-electron chi connectivity index (χ4n) is 2.96. The molecular formula is C13H24N4. The molecule has 1 aliphatic rings. The molecule has 4 heteroatoms. The van der Waals surface area contributed by atoms with E-state index in [1.165, 1.54) is 12.8 Å². The van der Waals surface area contributed by atoms with Crippen molar-refractivity contribution >= 4 is 0 Å². The number of nitrogens with zero attached hydrogens (tertiary/aromatic N) is 3.